The highest BCUT2D eigenvalue weighted by Crippen LogP contribution is 2.37. The number of hydrogen-bond acceptors (Lipinski definition) is 4. The van der Waals surface area contributed by atoms with Crippen LogP contribution in [0, 0.1) is 11.3 Å². The molecule has 3 nitrogen and oxygen atoms in total. The maximum Gasteiger partial charge on any atom is 0.264 e. The Hall–Kier alpha value is -1.64. The second-order valence-corrected chi connectivity index (χ2v) is 6.67. The highest BCUT2D eigenvalue weighted by molar-refractivity contribution is 8.22. The summed E-state index contributed by atoms with van der Waals surface area (Å²) in [4.78, 5) is 11.9. The molecule has 1 aromatic rings. The number of nitriles is 1. The molecule has 1 aromatic carbocycles. The van der Waals surface area contributed by atoms with Crippen molar-refractivity contribution in [3.8, 4) is 6.07 Å². The van der Waals surface area contributed by atoms with E-state index in [2.05, 4.69) is 5.32 Å². The second-order valence-electron chi connectivity index (χ2n) is 3.99. The van der Waals surface area contributed by atoms with Crippen molar-refractivity contribution in [2.45, 2.75) is 12.3 Å². The number of carbonyl (C=O) groups excluding carboxylic acids is 1. The van der Waals surface area contributed by atoms with Gasteiger partial charge >= 0.3 is 0 Å². The summed E-state index contributed by atoms with van der Waals surface area (Å²) in [5.74, 6) is 0.556. The Morgan fingerprint density at radius 2 is 2.20 bits per heavy atom. The summed E-state index contributed by atoms with van der Waals surface area (Å²) in [5, 5.41) is 11.7. The molecular weight excluding hydrogens is 288 g/mol. The third-order valence-electron chi connectivity index (χ3n) is 2.59. The van der Waals surface area contributed by atoms with Crippen molar-refractivity contribution in [2.75, 3.05) is 5.75 Å². The Balaban J connectivity index is 2.13. The first-order valence-electron chi connectivity index (χ1n) is 6.22. The number of nitrogens with one attached hydrogen (secondary N) is 1. The van der Waals surface area contributed by atoms with E-state index in [1.54, 1.807) is 0 Å². The van der Waals surface area contributed by atoms with Crippen molar-refractivity contribution in [1.29, 1.82) is 5.26 Å². The maximum atomic E-state index is 11.9. The summed E-state index contributed by atoms with van der Waals surface area (Å²) >= 11 is 3.05. The summed E-state index contributed by atoms with van der Waals surface area (Å²) in [5.41, 5.74) is 1.31. The van der Waals surface area contributed by atoms with Crippen molar-refractivity contribution in [3.05, 3.63) is 51.8 Å². The largest absolute Gasteiger partial charge is 0.336 e. The first-order chi connectivity index (χ1) is 9.74. The first kappa shape index (κ1) is 14.8. The SMILES string of the molecule is CCSC1=C(C#N)C(=O)NC(/C=C/c2ccccc2)S1. The topological polar surface area (TPSA) is 52.9 Å². The predicted molar refractivity (Wildman–Crippen MR) is 85.8 cm³/mol. The summed E-state index contributed by atoms with van der Waals surface area (Å²) < 4.78 is 0.807. The fraction of sp³-hybridized carbons (Fsp3) is 0.200. The van der Waals surface area contributed by atoms with E-state index >= 15 is 0 Å². The third kappa shape index (κ3) is 3.69. The Morgan fingerprint density at radius 3 is 2.85 bits per heavy atom. The van der Waals surface area contributed by atoms with Gasteiger partial charge in [-0.15, -0.1) is 11.8 Å². The molecule has 2 rings (SSSR count). The molecule has 1 atom stereocenters. The van der Waals surface area contributed by atoms with Gasteiger partial charge in [-0.2, -0.15) is 5.26 Å². The van der Waals surface area contributed by atoms with Crippen molar-refractivity contribution in [3.63, 3.8) is 0 Å². The van der Waals surface area contributed by atoms with Crippen molar-refractivity contribution < 1.29 is 4.79 Å². The van der Waals surface area contributed by atoms with Crippen molar-refractivity contribution in [1.82, 2.24) is 5.32 Å². The van der Waals surface area contributed by atoms with E-state index < -0.39 is 0 Å². The highest BCUT2D eigenvalue weighted by atomic mass is 32.2. The van der Waals surface area contributed by atoms with Gasteiger partial charge in [0.15, 0.2) is 0 Å². The number of hydrogen-bond donors (Lipinski definition) is 1. The lowest BCUT2D eigenvalue weighted by atomic mass is 10.2. The zero-order chi connectivity index (χ0) is 14.4. The molecule has 1 unspecified atom stereocenters. The molecule has 1 amide bonds. The zero-order valence-electron chi connectivity index (χ0n) is 11.0. The van der Waals surface area contributed by atoms with Crippen molar-refractivity contribution in [2.24, 2.45) is 0 Å². The minimum Gasteiger partial charge on any atom is -0.336 e. The molecule has 102 valence electrons. The van der Waals surface area contributed by atoms with Crippen molar-refractivity contribution >= 4 is 35.5 Å². The van der Waals surface area contributed by atoms with Crippen LogP contribution in [0.1, 0.15) is 12.5 Å². The number of amides is 1. The Morgan fingerprint density at radius 1 is 1.45 bits per heavy atom. The van der Waals surface area contributed by atoms with Crippen LogP contribution < -0.4 is 5.32 Å². The summed E-state index contributed by atoms with van der Waals surface area (Å²) in [7, 11) is 0. The van der Waals surface area contributed by atoms with E-state index in [4.69, 9.17) is 5.26 Å². The molecule has 0 spiro atoms. The Labute approximate surface area is 127 Å². The number of rotatable bonds is 4. The highest BCUT2D eigenvalue weighted by Gasteiger charge is 2.26. The Bertz CT molecular complexity index is 588. The zero-order valence-corrected chi connectivity index (χ0v) is 12.6. The Kier molecular flexibility index (Phi) is 5.33. The van der Waals surface area contributed by atoms with E-state index in [1.807, 2.05) is 55.5 Å². The summed E-state index contributed by atoms with van der Waals surface area (Å²) in [6.07, 6.45) is 3.92. The molecule has 0 radical (unpaired) electrons. The number of nitrogens with zero attached hydrogens (tertiary/aromatic N) is 1. The minimum atomic E-state index is -0.287. The molecule has 1 aliphatic rings. The molecule has 1 heterocycles. The minimum absolute atomic E-state index is 0.131. The van der Waals surface area contributed by atoms with Crippen LogP contribution in [0.2, 0.25) is 0 Å². The van der Waals surface area contributed by atoms with Crippen LogP contribution in [0.5, 0.6) is 0 Å². The normalized spacial score (nSPS) is 19.0. The van der Waals surface area contributed by atoms with Gasteiger partial charge in [0.2, 0.25) is 0 Å². The molecule has 0 bridgehead atoms. The quantitative estimate of drug-likeness (QED) is 0.926. The molecule has 0 aromatic heterocycles. The number of thioether (sulfide) groups is 2. The average Bonchev–Trinajstić information content (AvgIpc) is 2.46. The lowest BCUT2D eigenvalue weighted by Crippen LogP contribution is -2.35. The second kappa shape index (κ2) is 7.22. The van der Waals surface area contributed by atoms with Gasteiger partial charge in [0.25, 0.3) is 5.91 Å². The monoisotopic (exact) mass is 302 g/mol. The molecular formula is C15H14N2OS2. The van der Waals surface area contributed by atoms with Gasteiger partial charge in [-0.1, -0.05) is 61.2 Å². The molecule has 0 saturated carbocycles. The van der Waals surface area contributed by atoms with Gasteiger partial charge in [-0.05, 0) is 11.3 Å². The van der Waals surface area contributed by atoms with Gasteiger partial charge in [-0.25, -0.2) is 0 Å². The van der Waals surface area contributed by atoms with E-state index in [0.29, 0.717) is 0 Å². The predicted octanol–water partition coefficient (Wildman–Crippen LogP) is 3.38. The van der Waals surface area contributed by atoms with Crippen LogP contribution >= 0.6 is 23.5 Å². The molecule has 5 heteroatoms. The van der Waals surface area contributed by atoms with E-state index in [9.17, 15) is 4.79 Å². The smallest absolute Gasteiger partial charge is 0.264 e. The number of benzene rings is 1. The third-order valence-corrected chi connectivity index (χ3v) is 4.93. The van der Waals surface area contributed by atoms with Crippen LogP contribution in [0.25, 0.3) is 6.08 Å². The van der Waals surface area contributed by atoms with E-state index in [-0.39, 0.29) is 16.9 Å². The molecule has 1 aliphatic heterocycles. The standard InChI is InChI=1S/C15H14N2OS2/c1-2-19-15-12(10-16)14(18)17-13(20-15)9-8-11-6-4-3-5-7-11/h3-9,13H,2H2,1H3,(H,17,18)/b9-8+. The van der Waals surface area contributed by atoms with Gasteiger partial charge < -0.3 is 5.32 Å². The van der Waals surface area contributed by atoms with Gasteiger partial charge in [0.05, 0.1) is 9.61 Å². The van der Waals surface area contributed by atoms with Gasteiger partial charge in [0.1, 0.15) is 11.6 Å². The fourth-order valence-corrected chi connectivity index (χ4v) is 3.97. The van der Waals surface area contributed by atoms with Crippen LogP contribution in [0.4, 0.5) is 0 Å². The first-order valence-corrected chi connectivity index (χ1v) is 8.09. The van der Waals surface area contributed by atoms with Gasteiger partial charge in [-0.3, -0.25) is 4.79 Å². The molecule has 0 aliphatic carbocycles. The van der Waals surface area contributed by atoms with Crippen LogP contribution in [-0.4, -0.2) is 17.0 Å². The fourth-order valence-electron chi connectivity index (χ4n) is 1.68. The average molecular weight is 302 g/mol. The maximum absolute atomic E-state index is 11.9. The van der Waals surface area contributed by atoms with E-state index in [1.165, 1.54) is 23.5 Å². The lowest BCUT2D eigenvalue weighted by Gasteiger charge is -2.22. The van der Waals surface area contributed by atoms with Crippen LogP contribution in [0.15, 0.2) is 46.2 Å². The molecule has 0 saturated heterocycles. The molecule has 20 heavy (non-hydrogen) atoms. The van der Waals surface area contributed by atoms with Gasteiger partial charge in [0, 0.05) is 0 Å². The molecule has 1 N–H and O–H groups in total. The van der Waals surface area contributed by atoms with E-state index in [0.717, 1.165) is 15.6 Å². The summed E-state index contributed by atoms with van der Waals surface area (Å²) in [6.45, 7) is 2.01. The lowest BCUT2D eigenvalue weighted by molar-refractivity contribution is -0.117. The molecule has 0 fully saturated rings. The van der Waals surface area contributed by atoms with Crippen LogP contribution in [0.3, 0.4) is 0 Å². The summed E-state index contributed by atoms with van der Waals surface area (Å²) in [6, 6.07) is 11.9. The van der Waals surface area contributed by atoms with Crippen LogP contribution in [-0.2, 0) is 4.79 Å². The number of carbonyl (C=O) groups is 1.